The Morgan fingerprint density at radius 1 is 0.814 bits per heavy atom. The molecule has 0 aliphatic carbocycles. The van der Waals surface area contributed by atoms with Gasteiger partial charge in [0, 0.05) is 46.8 Å². The zero-order valence-electron chi connectivity index (χ0n) is 38.4. The van der Waals surface area contributed by atoms with Crippen molar-refractivity contribution in [3.05, 3.63) is 70.6 Å². The van der Waals surface area contributed by atoms with Crippen molar-refractivity contribution < 1.29 is 72.7 Å². The first-order chi connectivity index (χ1) is 32.6. The van der Waals surface area contributed by atoms with Gasteiger partial charge in [-0.3, -0.25) is 28.5 Å². The van der Waals surface area contributed by atoms with E-state index in [4.69, 9.17) is 9.05 Å². The van der Waals surface area contributed by atoms with Gasteiger partial charge in [0.25, 0.3) is 5.91 Å². The zero-order chi connectivity index (χ0) is 51.6. The summed E-state index contributed by atoms with van der Waals surface area (Å²) in [5.41, 5.74) is -10.3. The molecule has 0 unspecified atom stereocenters. The van der Waals surface area contributed by atoms with Crippen LogP contribution in [0.4, 0.5) is 35.1 Å². The number of hydrogen-bond acceptors (Lipinski definition) is 12. The van der Waals surface area contributed by atoms with Gasteiger partial charge in [0.1, 0.15) is 22.9 Å². The van der Waals surface area contributed by atoms with E-state index in [1.54, 1.807) is 9.80 Å². The number of thiophene rings is 1. The lowest BCUT2D eigenvalue weighted by atomic mass is 9.90. The molecule has 382 valence electrons. The fourth-order valence-electron chi connectivity index (χ4n) is 8.38. The Morgan fingerprint density at radius 3 is 1.97 bits per heavy atom. The molecule has 3 saturated heterocycles. The molecule has 2 aromatic carbocycles. The molecule has 0 radical (unpaired) electrons. The molecule has 1 N–H and O–H groups in total. The van der Waals surface area contributed by atoms with Crippen LogP contribution in [0.25, 0.3) is 10.1 Å². The van der Waals surface area contributed by atoms with Crippen molar-refractivity contribution in [1.82, 2.24) is 15.1 Å². The number of rotatable bonds is 16. The summed E-state index contributed by atoms with van der Waals surface area (Å²) in [5.74, 6) is -3.45. The van der Waals surface area contributed by atoms with Crippen molar-refractivity contribution in [1.29, 1.82) is 5.26 Å². The van der Waals surface area contributed by atoms with Crippen LogP contribution in [0.3, 0.4) is 0 Å². The van der Waals surface area contributed by atoms with Gasteiger partial charge >= 0.3 is 25.6 Å². The highest BCUT2D eigenvalue weighted by atomic mass is 32.2. The van der Waals surface area contributed by atoms with Crippen molar-refractivity contribution in [2.75, 3.05) is 37.8 Å². The number of fused-ring (bicyclic) bond motifs is 2. The predicted octanol–water partition coefficient (Wildman–Crippen LogP) is 10.7. The van der Waals surface area contributed by atoms with Gasteiger partial charge in [0.05, 0.1) is 30.1 Å². The Labute approximate surface area is 411 Å². The minimum atomic E-state index is -5.78. The van der Waals surface area contributed by atoms with E-state index in [2.05, 4.69) is 11.4 Å². The van der Waals surface area contributed by atoms with E-state index in [0.29, 0.717) is 64.6 Å². The van der Waals surface area contributed by atoms with Gasteiger partial charge in [-0.2, -0.15) is 40.4 Å². The molecule has 0 spiro atoms. The molecule has 3 aliphatic heterocycles. The third-order valence-corrected chi connectivity index (χ3v) is 18.4. The minimum absolute atomic E-state index is 0.00474. The van der Waals surface area contributed by atoms with Crippen molar-refractivity contribution in [3.63, 3.8) is 0 Å². The van der Waals surface area contributed by atoms with Crippen LogP contribution in [-0.4, -0.2) is 106 Å². The number of carbonyl (C=O) groups excluding carboxylic acids is 5. The highest BCUT2D eigenvalue weighted by Gasteiger charge is 2.57. The Bertz CT molecular complexity index is 2490. The lowest BCUT2D eigenvalue weighted by Gasteiger charge is -2.36. The molecule has 70 heavy (non-hydrogen) atoms. The first-order valence-electron chi connectivity index (χ1n) is 22.3. The molecule has 6 rings (SSSR count). The Morgan fingerprint density at radius 2 is 1.40 bits per heavy atom. The molecule has 1 aromatic heterocycles. The second kappa shape index (κ2) is 21.6. The summed E-state index contributed by atoms with van der Waals surface area (Å²) < 4.78 is 138. The van der Waals surface area contributed by atoms with E-state index in [1.165, 1.54) is 12.1 Å². The quantitative estimate of drug-likeness (QED) is 0.0825. The predicted molar refractivity (Wildman–Crippen MR) is 248 cm³/mol. The number of thioether (sulfide) groups is 2. The van der Waals surface area contributed by atoms with Crippen LogP contribution in [0.1, 0.15) is 92.9 Å². The van der Waals surface area contributed by atoms with Crippen LogP contribution in [0.15, 0.2) is 54.6 Å². The van der Waals surface area contributed by atoms with Crippen LogP contribution >= 0.6 is 42.5 Å². The molecule has 3 fully saturated rings. The molecule has 3 amide bonds. The summed E-state index contributed by atoms with van der Waals surface area (Å²) in [6.45, 7) is 0.968. The largest absolute Gasteiger partial charge is 0.404 e. The topological polar surface area (TPSA) is 163 Å². The SMILES string of the molecule is CC(C)(C(=O)SCCOP(=O)(OCCSC(=O)C(C)(C)C(F)(F)F)C(F)(F)c1ccc2sc(C(=O)N[C@H]3CCCC[C@H]4CC[C@@H](C(=O)N5C[C@@H](C#N)[C@H](c6ccccc6)C5)N4C3=O)cc2c1)C(F)(F)F. The first kappa shape index (κ1) is 55.2. The summed E-state index contributed by atoms with van der Waals surface area (Å²) >= 11 is 1.05. The standard InChI is InChI=1S/C46H51F8N4O8PS3/c1-42(2,45(49,50)51)40(62)68-20-18-65-67(64,66-19-21-69-41(63)43(3,4)46(52,53)54)44(47,48)30-14-17-35-28(22-30)23-36(70-35)37(59)56-33-13-9-8-12-31-15-16-34(58(31)38(33)60)39(61)57-25-29(24-55)32(26-57)27-10-6-5-7-11-27/h5-7,10-11,14,17,22-23,29,31-34H,8-9,12-13,15-16,18-21,25-26H2,1-4H3,(H,56,59)/t29-,31+,32+,33+,34+/m1/s1. The summed E-state index contributed by atoms with van der Waals surface area (Å²) in [4.78, 5) is 70.3. The van der Waals surface area contributed by atoms with Crippen LogP contribution in [0.2, 0.25) is 0 Å². The number of alkyl halides is 8. The number of nitriles is 1. The number of nitrogens with zero attached hydrogens (tertiary/aromatic N) is 3. The Balaban J connectivity index is 1.17. The maximum atomic E-state index is 16.5. The van der Waals surface area contributed by atoms with Crippen molar-refractivity contribution in [2.45, 2.75) is 108 Å². The number of likely N-dealkylation sites (tertiary alicyclic amines) is 1. The summed E-state index contributed by atoms with van der Waals surface area (Å²) in [7, 11) is -5.78. The number of amides is 3. The number of nitrogens with one attached hydrogen (secondary N) is 1. The van der Waals surface area contributed by atoms with Crippen LogP contribution in [0, 0.1) is 28.1 Å². The first-order valence-corrected chi connectivity index (χ1v) is 26.6. The van der Waals surface area contributed by atoms with Crippen molar-refractivity contribution >= 4 is 80.5 Å². The highest BCUT2D eigenvalue weighted by Crippen LogP contribution is 2.67. The third-order valence-electron chi connectivity index (χ3n) is 13.0. The molecule has 0 saturated carbocycles. The van der Waals surface area contributed by atoms with Gasteiger partial charge < -0.3 is 24.2 Å². The second-order valence-corrected chi connectivity index (χ2v) is 23.7. The highest BCUT2D eigenvalue weighted by molar-refractivity contribution is 8.14. The molecule has 3 aliphatic rings. The fourth-order valence-corrected chi connectivity index (χ4v) is 12.7. The number of hydrogen-bond donors (Lipinski definition) is 1. The van der Waals surface area contributed by atoms with Gasteiger partial charge in [-0.15, -0.1) is 11.3 Å². The monoisotopic (exact) mass is 1070 g/mol. The number of carbonyl (C=O) groups is 5. The molecule has 0 bridgehead atoms. The second-order valence-electron chi connectivity index (χ2n) is 18.4. The molecular weight excluding hydrogens is 1020 g/mol. The molecular formula is C46H51F8N4O8PS3. The maximum absolute atomic E-state index is 16.5. The smallest absolute Gasteiger partial charge is 0.340 e. The van der Waals surface area contributed by atoms with Crippen molar-refractivity contribution in [3.8, 4) is 6.07 Å². The fraction of sp³-hybridized carbons (Fsp3) is 0.565. The Hall–Kier alpha value is -4.07. The number of halogens is 8. The summed E-state index contributed by atoms with van der Waals surface area (Å²) in [6.07, 6.45) is -6.72. The van der Waals surface area contributed by atoms with Gasteiger partial charge in [0.2, 0.25) is 22.0 Å². The van der Waals surface area contributed by atoms with E-state index >= 15 is 8.78 Å². The normalized spacial score (nSPS) is 21.8. The van der Waals surface area contributed by atoms with Crippen LogP contribution in [0.5, 0.6) is 0 Å². The van der Waals surface area contributed by atoms with Gasteiger partial charge in [-0.25, -0.2) is 0 Å². The molecule has 4 heterocycles. The summed E-state index contributed by atoms with van der Waals surface area (Å²) in [5, 5.41) is 10.0. The van der Waals surface area contributed by atoms with E-state index < -0.39 is 107 Å². The van der Waals surface area contributed by atoms with E-state index in [9.17, 15) is 60.1 Å². The third kappa shape index (κ3) is 11.6. The summed E-state index contributed by atoms with van der Waals surface area (Å²) in [6, 6.07) is 13.9. The Kier molecular flexibility index (Phi) is 17.0. The average Bonchev–Trinajstić information content (AvgIpc) is 4.05. The van der Waals surface area contributed by atoms with Crippen LogP contribution in [-0.2, 0) is 38.5 Å². The zero-order valence-corrected chi connectivity index (χ0v) is 41.7. The molecule has 24 heteroatoms. The molecule has 5 atom stereocenters. The average molecular weight is 1070 g/mol. The van der Waals surface area contributed by atoms with Gasteiger partial charge in [0.15, 0.2) is 0 Å². The van der Waals surface area contributed by atoms with Gasteiger partial charge in [-0.05, 0) is 82.5 Å². The minimum Gasteiger partial charge on any atom is -0.340 e. The van der Waals surface area contributed by atoms with E-state index in [-0.39, 0.29) is 64.6 Å². The number of benzene rings is 2. The lowest BCUT2D eigenvalue weighted by Crippen LogP contribution is -2.56. The maximum Gasteiger partial charge on any atom is 0.404 e. The van der Waals surface area contributed by atoms with E-state index in [0.717, 1.165) is 35.5 Å². The molecule has 12 nitrogen and oxygen atoms in total. The van der Waals surface area contributed by atoms with E-state index in [1.807, 2.05) is 30.3 Å². The lowest BCUT2D eigenvalue weighted by molar-refractivity contribution is -0.206. The molecule has 3 aromatic rings. The van der Waals surface area contributed by atoms with Crippen molar-refractivity contribution in [2.24, 2.45) is 16.7 Å². The van der Waals surface area contributed by atoms with Gasteiger partial charge in [-0.1, -0.05) is 72.8 Å². The van der Waals surface area contributed by atoms with Crippen LogP contribution < -0.4 is 5.32 Å².